The number of para-hydroxylation sites is 2. The van der Waals surface area contributed by atoms with Crippen LogP contribution in [0.1, 0.15) is 18.7 Å². The quantitative estimate of drug-likeness (QED) is 0.586. The molecule has 1 fully saturated rings. The summed E-state index contributed by atoms with van der Waals surface area (Å²) in [6.45, 7) is 0.892. The number of aromatic amines is 1. The number of carbonyl (C=O) groups is 1. The first-order valence-corrected chi connectivity index (χ1v) is 11.8. The third-order valence-electron chi connectivity index (χ3n) is 5.45. The summed E-state index contributed by atoms with van der Waals surface area (Å²) in [5.41, 5.74) is 1.85. The van der Waals surface area contributed by atoms with Crippen molar-refractivity contribution in [3.05, 3.63) is 59.1 Å². The number of hydrogen-bond donors (Lipinski definition) is 2. The molecule has 0 aliphatic carbocycles. The van der Waals surface area contributed by atoms with Gasteiger partial charge < -0.3 is 10.3 Å². The summed E-state index contributed by atoms with van der Waals surface area (Å²) >= 11 is 5.72. The van der Waals surface area contributed by atoms with Gasteiger partial charge in [-0.15, -0.1) is 0 Å². The first kappa shape index (κ1) is 21.7. The Balaban J connectivity index is 1.28. The monoisotopic (exact) mass is 464 g/mol. The minimum Gasteiger partial charge on any atom is -0.355 e. The van der Waals surface area contributed by atoms with Crippen LogP contribution in [0.5, 0.6) is 0 Å². The molecule has 2 aromatic carbocycles. The number of piperidine rings is 1. The maximum atomic E-state index is 13.3. The molecular weight excluding hydrogens is 443 g/mol. The summed E-state index contributed by atoms with van der Waals surface area (Å²) in [6, 6.07) is 11.1. The van der Waals surface area contributed by atoms with Gasteiger partial charge in [0.05, 0.1) is 21.0 Å². The van der Waals surface area contributed by atoms with E-state index in [1.807, 2.05) is 24.3 Å². The van der Waals surface area contributed by atoms with E-state index in [-0.39, 0.29) is 34.8 Å². The van der Waals surface area contributed by atoms with Crippen LogP contribution >= 0.6 is 11.6 Å². The van der Waals surface area contributed by atoms with Crippen molar-refractivity contribution in [3.8, 4) is 0 Å². The molecule has 4 rings (SSSR count). The van der Waals surface area contributed by atoms with Gasteiger partial charge in [0.15, 0.2) is 0 Å². The van der Waals surface area contributed by atoms with E-state index in [1.165, 1.54) is 10.4 Å². The van der Waals surface area contributed by atoms with Crippen molar-refractivity contribution < 1.29 is 17.6 Å². The van der Waals surface area contributed by atoms with Crippen LogP contribution in [0.3, 0.4) is 0 Å². The highest BCUT2D eigenvalue weighted by Crippen LogP contribution is 2.26. The van der Waals surface area contributed by atoms with Gasteiger partial charge in [0, 0.05) is 32.0 Å². The number of benzene rings is 2. The molecule has 31 heavy (non-hydrogen) atoms. The molecule has 1 aliphatic heterocycles. The predicted octanol–water partition coefficient (Wildman–Crippen LogP) is 3.12. The molecule has 1 amide bonds. The van der Waals surface area contributed by atoms with Crippen LogP contribution in [0.2, 0.25) is 5.02 Å². The fraction of sp³-hybridized carbons (Fsp3) is 0.333. The van der Waals surface area contributed by atoms with E-state index in [0.717, 1.165) is 29.0 Å². The number of nitrogens with one attached hydrogen (secondary N) is 2. The Morgan fingerprint density at radius 2 is 1.97 bits per heavy atom. The second-order valence-corrected chi connectivity index (χ2v) is 9.84. The number of aromatic nitrogens is 2. The van der Waals surface area contributed by atoms with E-state index < -0.39 is 15.8 Å². The Bertz CT molecular complexity index is 1170. The largest absolute Gasteiger partial charge is 0.355 e. The van der Waals surface area contributed by atoms with Crippen molar-refractivity contribution >= 4 is 38.6 Å². The van der Waals surface area contributed by atoms with Crippen molar-refractivity contribution in [3.63, 3.8) is 0 Å². The minimum absolute atomic E-state index is 0.0485. The number of hydrogen-bond acceptors (Lipinski definition) is 4. The number of halogens is 2. The second-order valence-electron chi connectivity index (χ2n) is 7.50. The van der Waals surface area contributed by atoms with Gasteiger partial charge in [-0.2, -0.15) is 4.31 Å². The molecule has 7 nitrogen and oxygen atoms in total. The molecular formula is C21H22ClFN4O3S. The van der Waals surface area contributed by atoms with E-state index in [1.54, 1.807) is 0 Å². The third kappa shape index (κ3) is 4.73. The Labute approximate surface area is 184 Å². The lowest BCUT2D eigenvalue weighted by Crippen LogP contribution is -2.43. The van der Waals surface area contributed by atoms with Crippen LogP contribution in [0.15, 0.2) is 47.4 Å². The number of carbonyl (C=O) groups excluding carboxylic acids is 1. The summed E-state index contributed by atoms with van der Waals surface area (Å²) in [5.74, 6) is -0.198. The van der Waals surface area contributed by atoms with E-state index in [4.69, 9.17) is 11.6 Å². The molecule has 10 heteroatoms. The normalized spacial score (nSPS) is 15.9. The summed E-state index contributed by atoms with van der Waals surface area (Å²) in [7, 11) is -3.78. The van der Waals surface area contributed by atoms with E-state index >= 15 is 0 Å². The summed E-state index contributed by atoms with van der Waals surface area (Å²) < 4.78 is 40.2. The predicted molar refractivity (Wildman–Crippen MR) is 116 cm³/mol. The van der Waals surface area contributed by atoms with Crippen LogP contribution in [0, 0.1) is 11.7 Å². The standard InChI is InChI=1S/C21H22ClFN4O3S/c22-16-13-15(5-6-17(16)23)31(29,30)27-11-8-14(9-12-27)21(28)24-10-7-20-25-18-3-1-2-4-19(18)26-20/h1-6,13-14H,7-12H2,(H,24,28)(H,25,26). The molecule has 2 N–H and O–H groups in total. The fourth-order valence-electron chi connectivity index (χ4n) is 3.72. The number of H-pyrrole nitrogens is 1. The molecule has 3 aromatic rings. The van der Waals surface area contributed by atoms with Crippen LogP contribution in [0.4, 0.5) is 4.39 Å². The van der Waals surface area contributed by atoms with Crippen molar-refractivity contribution in [1.82, 2.24) is 19.6 Å². The molecule has 164 valence electrons. The Hall–Kier alpha value is -2.49. The van der Waals surface area contributed by atoms with Crippen LogP contribution in [-0.4, -0.2) is 48.2 Å². The highest BCUT2D eigenvalue weighted by Gasteiger charge is 2.32. The van der Waals surface area contributed by atoms with Gasteiger partial charge >= 0.3 is 0 Å². The lowest BCUT2D eigenvalue weighted by atomic mass is 9.97. The number of nitrogens with zero attached hydrogens (tertiary/aromatic N) is 2. The molecule has 0 spiro atoms. The molecule has 1 saturated heterocycles. The average Bonchev–Trinajstić information content (AvgIpc) is 3.18. The van der Waals surface area contributed by atoms with E-state index in [0.29, 0.717) is 25.8 Å². The lowest BCUT2D eigenvalue weighted by Gasteiger charge is -2.30. The molecule has 0 radical (unpaired) electrons. The Kier molecular flexibility index (Phi) is 6.27. The smallest absolute Gasteiger partial charge is 0.243 e. The number of sulfonamides is 1. The van der Waals surface area contributed by atoms with E-state index in [2.05, 4.69) is 15.3 Å². The highest BCUT2D eigenvalue weighted by atomic mass is 35.5. The molecule has 1 aromatic heterocycles. The molecule has 1 aliphatic rings. The van der Waals surface area contributed by atoms with Gasteiger partial charge in [-0.25, -0.2) is 17.8 Å². The van der Waals surface area contributed by atoms with Gasteiger partial charge in [0.2, 0.25) is 15.9 Å². The molecule has 2 heterocycles. The average molecular weight is 465 g/mol. The van der Waals surface area contributed by atoms with Gasteiger partial charge in [0.1, 0.15) is 11.6 Å². The topological polar surface area (TPSA) is 95.2 Å². The van der Waals surface area contributed by atoms with Crippen molar-refractivity contribution in [1.29, 1.82) is 0 Å². The summed E-state index contributed by atoms with van der Waals surface area (Å²) in [6.07, 6.45) is 1.42. The fourth-order valence-corrected chi connectivity index (χ4v) is 5.46. The zero-order chi connectivity index (χ0) is 22.0. The van der Waals surface area contributed by atoms with Gasteiger partial charge in [-0.3, -0.25) is 4.79 Å². The van der Waals surface area contributed by atoms with Gasteiger partial charge in [-0.05, 0) is 43.2 Å². The second kappa shape index (κ2) is 8.94. The zero-order valence-electron chi connectivity index (χ0n) is 16.6. The summed E-state index contributed by atoms with van der Waals surface area (Å²) in [4.78, 5) is 20.2. The maximum Gasteiger partial charge on any atom is 0.243 e. The number of rotatable bonds is 6. The summed E-state index contributed by atoms with van der Waals surface area (Å²) in [5, 5.41) is 2.68. The lowest BCUT2D eigenvalue weighted by molar-refractivity contribution is -0.126. The van der Waals surface area contributed by atoms with Gasteiger partial charge in [0.25, 0.3) is 0 Å². The minimum atomic E-state index is -3.78. The number of fused-ring (bicyclic) bond motifs is 1. The SMILES string of the molecule is O=C(NCCc1nc2ccccc2[nH]1)C1CCN(S(=O)(=O)c2ccc(F)c(Cl)c2)CC1. The van der Waals surface area contributed by atoms with Gasteiger partial charge in [-0.1, -0.05) is 23.7 Å². The number of imidazole rings is 1. The number of amides is 1. The Morgan fingerprint density at radius 3 is 2.68 bits per heavy atom. The maximum absolute atomic E-state index is 13.3. The highest BCUT2D eigenvalue weighted by molar-refractivity contribution is 7.89. The first-order valence-electron chi connectivity index (χ1n) is 10.0. The molecule has 0 unspecified atom stereocenters. The first-order chi connectivity index (χ1) is 14.8. The molecule has 0 bridgehead atoms. The van der Waals surface area contributed by atoms with Crippen molar-refractivity contribution in [2.45, 2.75) is 24.2 Å². The molecule has 0 saturated carbocycles. The Morgan fingerprint density at radius 1 is 1.23 bits per heavy atom. The van der Waals surface area contributed by atoms with Crippen molar-refractivity contribution in [2.24, 2.45) is 5.92 Å². The third-order valence-corrected chi connectivity index (χ3v) is 7.64. The van der Waals surface area contributed by atoms with E-state index in [9.17, 15) is 17.6 Å². The van der Waals surface area contributed by atoms with Crippen LogP contribution in [-0.2, 0) is 21.2 Å². The van der Waals surface area contributed by atoms with Crippen LogP contribution < -0.4 is 5.32 Å². The van der Waals surface area contributed by atoms with Crippen molar-refractivity contribution in [2.75, 3.05) is 19.6 Å². The van der Waals surface area contributed by atoms with Crippen LogP contribution in [0.25, 0.3) is 11.0 Å². The zero-order valence-corrected chi connectivity index (χ0v) is 18.2. The molecule has 0 atom stereocenters.